The number of carbonyl (C=O) groups is 2. The lowest BCUT2D eigenvalue weighted by Crippen LogP contribution is -2.13. The summed E-state index contributed by atoms with van der Waals surface area (Å²) in [6.45, 7) is 0. The van der Waals surface area contributed by atoms with E-state index in [1.165, 1.54) is 0 Å². The molecule has 0 bridgehead atoms. The number of nitro benzene ring substituents is 2. The Morgan fingerprint density at radius 3 is 1.42 bits per heavy atom. The largest absolute Gasteiger partial charge is 0.388 e. The highest BCUT2D eigenvalue weighted by Gasteiger charge is 2.22. The normalized spacial score (nSPS) is 10.1. The lowest BCUT2D eigenvalue weighted by Gasteiger charge is -2.06. The highest BCUT2D eigenvalue weighted by Crippen LogP contribution is 2.25. The van der Waals surface area contributed by atoms with Crippen LogP contribution in [-0.2, 0) is 9.78 Å². The van der Waals surface area contributed by atoms with Crippen molar-refractivity contribution in [2.75, 3.05) is 0 Å². The Morgan fingerprint density at radius 1 is 0.769 bits per heavy atom. The first kappa shape index (κ1) is 19.1. The van der Waals surface area contributed by atoms with Crippen LogP contribution in [0, 0.1) is 20.2 Å². The first-order chi connectivity index (χ1) is 12.2. The average molecular weight is 401 g/mol. The van der Waals surface area contributed by atoms with Gasteiger partial charge in [-0.3, -0.25) is 20.2 Å². The van der Waals surface area contributed by atoms with Crippen molar-refractivity contribution in [2.45, 2.75) is 0 Å². The molecule has 2 aromatic rings. The van der Waals surface area contributed by atoms with E-state index in [1.54, 1.807) is 0 Å². The van der Waals surface area contributed by atoms with E-state index in [0.717, 1.165) is 36.4 Å². The maximum absolute atomic E-state index is 11.9. The Balaban J connectivity index is 2.16. The summed E-state index contributed by atoms with van der Waals surface area (Å²) in [4.78, 5) is 52.3. The molecule has 2 aromatic carbocycles. The van der Waals surface area contributed by atoms with Crippen LogP contribution in [-0.4, -0.2) is 21.8 Å². The van der Waals surface area contributed by atoms with Gasteiger partial charge in [-0.05, 0) is 12.1 Å². The minimum atomic E-state index is -1.28. The van der Waals surface area contributed by atoms with Crippen molar-refractivity contribution in [3.63, 3.8) is 0 Å². The zero-order valence-corrected chi connectivity index (χ0v) is 13.9. The zero-order chi connectivity index (χ0) is 19.4. The lowest BCUT2D eigenvalue weighted by atomic mass is 10.2. The van der Waals surface area contributed by atoms with Crippen molar-refractivity contribution in [3.05, 3.63) is 77.8 Å². The summed E-state index contributed by atoms with van der Waals surface area (Å²) in [5.41, 5.74) is -1.71. The second kappa shape index (κ2) is 7.76. The van der Waals surface area contributed by atoms with Crippen molar-refractivity contribution in [3.8, 4) is 0 Å². The topological polar surface area (TPSA) is 139 Å². The van der Waals surface area contributed by atoms with Crippen LogP contribution in [0.25, 0.3) is 0 Å². The summed E-state index contributed by atoms with van der Waals surface area (Å²) in [5, 5.41) is 21.1. The molecular weight excluding hydrogens is 395 g/mol. The van der Waals surface area contributed by atoms with Gasteiger partial charge in [0.1, 0.15) is 0 Å². The summed E-state index contributed by atoms with van der Waals surface area (Å²) in [7, 11) is 0. The predicted octanol–water partition coefficient (Wildman–Crippen LogP) is 3.74. The van der Waals surface area contributed by atoms with Gasteiger partial charge >= 0.3 is 11.9 Å². The summed E-state index contributed by atoms with van der Waals surface area (Å²) in [6.07, 6.45) is 0. The third-order valence-electron chi connectivity index (χ3n) is 2.95. The Hall–Kier alpha value is -3.24. The van der Waals surface area contributed by atoms with Gasteiger partial charge in [0.25, 0.3) is 11.4 Å². The molecule has 0 aromatic heterocycles. The molecular formula is C14H6Cl2N2O8. The molecule has 0 N–H and O–H groups in total. The van der Waals surface area contributed by atoms with Gasteiger partial charge in [0, 0.05) is 24.3 Å². The summed E-state index contributed by atoms with van der Waals surface area (Å²) in [6, 6.07) is 5.98. The molecule has 0 spiro atoms. The van der Waals surface area contributed by atoms with Gasteiger partial charge in [0.2, 0.25) is 0 Å². The number of benzene rings is 2. The fraction of sp³-hybridized carbons (Fsp3) is 0. The van der Waals surface area contributed by atoms with Crippen LogP contribution in [0.1, 0.15) is 20.7 Å². The fourth-order valence-electron chi connectivity index (χ4n) is 1.73. The summed E-state index contributed by atoms with van der Waals surface area (Å²) >= 11 is 11.5. The highest BCUT2D eigenvalue weighted by molar-refractivity contribution is 6.34. The Kier molecular flexibility index (Phi) is 5.70. The molecule has 0 saturated carbocycles. The quantitative estimate of drug-likeness (QED) is 0.429. The monoisotopic (exact) mass is 400 g/mol. The number of halogens is 2. The summed E-state index contributed by atoms with van der Waals surface area (Å²) < 4.78 is 0. The van der Waals surface area contributed by atoms with Gasteiger partial charge in [-0.15, -0.1) is 0 Å². The number of rotatable bonds is 4. The van der Waals surface area contributed by atoms with Crippen LogP contribution in [0.15, 0.2) is 36.4 Å². The molecule has 0 saturated heterocycles. The molecule has 26 heavy (non-hydrogen) atoms. The molecule has 2 rings (SSSR count). The van der Waals surface area contributed by atoms with E-state index in [0.29, 0.717) is 0 Å². The second-order valence-electron chi connectivity index (χ2n) is 4.58. The van der Waals surface area contributed by atoms with Gasteiger partial charge in [0.15, 0.2) is 0 Å². The molecule has 0 fully saturated rings. The Labute approximate surface area is 154 Å². The van der Waals surface area contributed by atoms with Gasteiger partial charge in [-0.25, -0.2) is 19.4 Å². The molecule has 0 aliphatic heterocycles. The van der Waals surface area contributed by atoms with Crippen LogP contribution >= 0.6 is 23.2 Å². The minimum Gasteiger partial charge on any atom is -0.258 e. The maximum Gasteiger partial charge on any atom is 0.388 e. The van der Waals surface area contributed by atoms with Crippen molar-refractivity contribution in [1.29, 1.82) is 0 Å². The minimum absolute atomic E-state index is 0.176. The van der Waals surface area contributed by atoms with Crippen LogP contribution < -0.4 is 0 Å². The van der Waals surface area contributed by atoms with E-state index in [2.05, 4.69) is 9.78 Å². The molecule has 12 heteroatoms. The van der Waals surface area contributed by atoms with Crippen molar-refractivity contribution in [2.24, 2.45) is 0 Å². The SMILES string of the molecule is O=C(OOC(=O)c1cc([N+](=O)[O-])ccc1Cl)c1cc([N+](=O)[O-])ccc1Cl. The molecule has 10 nitrogen and oxygen atoms in total. The van der Waals surface area contributed by atoms with Crippen molar-refractivity contribution < 1.29 is 29.2 Å². The third kappa shape index (κ3) is 4.23. The van der Waals surface area contributed by atoms with Gasteiger partial charge in [-0.2, -0.15) is 0 Å². The van der Waals surface area contributed by atoms with Crippen LogP contribution in [0.4, 0.5) is 11.4 Å². The van der Waals surface area contributed by atoms with Crippen molar-refractivity contribution in [1.82, 2.24) is 0 Å². The molecule has 0 unspecified atom stereocenters. The second-order valence-corrected chi connectivity index (χ2v) is 5.40. The Bertz CT molecular complexity index is 856. The van der Waals surface area contributed by atoms with E-state index >= 15 is 0 Å². The molecule has 0 aliphatic rings. The van der Waals surface area contributed by atoms with Crippen LogP contribution in [0.3, 0.4) is 0 Å². The third-order valence-corrected chi connectivity index (χ3v) is 3.61. The van der Waals surface area contributed by atoms with E-state index in [-0.39, 0.29) is 10.0 Å². The van der Waals surface area contributed by atoms with Gasteiger partial charge < -0.3 is 0 Å². The number of non-ortho nitro benzene ring substituents is 2. The number of hydrogen-bond acceptors (Lipinski definition) is 8. The molecule has 0 heterocycles. The zero-order valence-electron chi connectivity index (χ0n) is 12.4. The smallest absolute Gasteiger partial charge is 0.258 e. The Morgan fingerprint density at radius 2 is 1.12 bits per heavy atom. The predicted molar refractivity (Wildman–Crippen MR) is 87.0 cm³/mol. The first-order valence-corrected chi connectivity index (χ1v) is 7.27. The highest BCUT2D eigenvalue weighted by atomic mass is 35.5. The number of nitro groups is 2. The summed E-state index contributed by atoms with van der Waals surface area (Å²) in [5.74, 6) is -2.57. The van der Waals surface area contributed by atoms with E-state index in [1.807, 2.05) is 0 Å². The number of carbonyl (C=O) groups excluding carboxylic acids is 2. The van der Waals surface area contributed by atoms with Crippen molar-refractivity contribution >= 4 is 46.5 Å². The molecule has 0 aliphatic carbocycles. The number of nitrogens with zero attached hydrogens (tertiary/aromatic N) is 2. The molecule has 0 radical (unpaired) electrons. The van der Waals surface area contributed by atoms with E-state index < -0.39 is 44.3 Å². The molecule has 0 atom stereocenters. The molecule has 0 amide bonds. The number of hydrogen-bond donors (Lipinski definition) is 0. The maximum atomic E-state index is 11.9. The van der Waals surface area contributed by atoms with Gasteiger partial charge in [-0.1, -0.05) is 23.2 Å². The fourth-order valence-corrected chi connectivity index (χ4v) is 2.12. The van der Waals surface area contributed by atoms with Crippen LogP contribution in [0.2, 0.25) is 10.0 Å². The molecule has 134 valence electrons. The van der Waals surface area contributed by atoms with E-state index in [4.69, 9.17) is 23.2 Å². The first-order valence-electron chi connectivity index (χ1n) is 6.51. The standard InChI is InChI=1S/C14H6Cl2N2O8/c15-11-3-1-7(17(21)22)5-9(11)13(19)25-26-14(20)10-6-8(18(23)24)2-4-12(10)16/h1-6H. The van der Waals surface area contributed by atoms with Crippen LogP contribution in [0.5, 0.6) is 0 Å². The average Bonchev–Trinajstić information content (AvgIpc) is 2.59. The lowest BCUT2D eigenvalue weighted by molar-refractivity contribution is -0.385. The van der Waals surface area contributed by atoms with E-state index in [9.17, 15) is 29.8 Å². The van der Waals surface area contributed by atoms with Gasteiger partial charge in [0.05, 0.1) is 31.0 Å².